The lowest BCUT2D eigenvalue weighted by Crippen LogP contribution is -2.40. The molecule has 0 unspecified atom stereocenters. The van der Waals surface area contributed by atoms with Crippen molar-refractivity contribution < 1.29 is 9.84 Å². The Labute approximate surface area is 164 Å². The molecule has 7 heteroatoms. The monoisotopic (exact) mass is 379 g/mol. The number of methoxy groups -OCH3 is 1. The number of aryl methyl sites for hydroxylation is 1. The van der Waals surface area contributed by atoms with Crippen LogP contribution in [0.4, 0.5) is 5.82 Å². The number of anilines is 1. The molecule has 0 aliphatic carbocycles. The van der Waals surface area contributed by atoms with Gasteiger partial charge >= 0.3 is 0 Å². The van der Waals surface area contributed by atoms with Crippen LogP contribution >= 0.6 is 0 Å². The number of aromatic nitrogens is 3. The minimum absolute atomic E-state index is 0.182. The fourth-order valence-electron chi connectivity index (χ4n) is 3.74. The molecule has 0 bridgehead atoms. The summed E-state index contributed by atoms with van der Waals surface area (Å²) in [4.78, 5) is 6.94. The Morgan fingerprint density at radius 3 is 2.82 bits per heavy atom. The van der Waals surface area contributed by atoms with Crippen molar-refractivity contribution in [2.45, 2.75) is 25.8 Å². The quantitative estimate of drug-likeness (QED) is 0.720. The third-order valence-corrected chi connectivity index (χ3v) is 5.18. The van der Waals surface area contributed by atoms with E-state index in [2.05, 4.69) is 32.4 Å². The number of nitrogens with one attached hydrogen (secondary N) is 1. The number of rotatable bonds is 4. The molecular formula is C21H25N5O2. The minimum atomic E-state index is 0.182. The molecule has 1 fully saturated rings. The largest absolute Gasteiger partial charge is 0.507 e. The minimum Gasteiger partial charge on any atom is -0.507 e. The molecule has 4 rings (SSSR count). The average molecular weight is 379 g/mol. The second kappa shape index (κ2) is 7.59. The van der Waals surface area contributed by atoms with Gasteiger partial charge in [0.2, 0.25) is 5.88 Å². The average Bonchev–Trinajstić information content (AvgIpc) is 2.68. The highest BCUT2D eigenvalue weighted by Gasteiger charge is 2.21. The number of hydrogen-bond acceptors (Lipinski definition) is 7. The number of phenols is 1. The number of likely N-dealkylation sites (N-methyl/N-ethyl adjacent to an activating group) is 1. The van der Waals surface area contributed by atoms with Crippen LogP contribution in [-0.4, -0.2) is 58.5 Å². The van der Waals surface area contributed by atoms with E-state index >= 15 is 0 Å². The number of pyridine rings is 1. The van der Waals surface area contributed by atoms with Gasteiger partial charge in [0.15, 0.2) is 5.82 Å². The van der Waals surface area contributed by atoms with E-state index in [0.717, 1.165) is 36.9 Å². The van der Waals surface area contributed by atoms with Crippen LogP contribution in [0.5, 0.6) is 11.6 Å². The molecule has 3 aromatic rings. The van der Waals surface area contributed by atoms with E-state index in [4.69, 9.17) is 4.74 Å². The van der Waals surface area contributed by atoms with Crippen LogP contribution in [0, 0.1) is 6.92 Å². The predicted octanol–water partition coefficient (Wildman–Crippen LogP) is 3.22. The van der Waals surface area contributed by atoms with Gasteiger partial charge in [-0.2, -0.15) is 0 Å². The van der Waals surface area contributed by atoms with E-state index in [1.54, 1.807) is 19.2 Å². The lowest BCUT2D eigenvalue weighted by molar-refractivity contribution is 0.261. The third kappa shape index (κ3) is 3.57. The number of nitrogens with zero attached hydrogens (tertiary/aromatic N) is 4. The highest BCUT2D eigenvalue weighted by molar-refractivity contribution is 5.98. The third-order valence-electron chi connectivity index (χ3n) is 5.18. The number of ether oxygens (including phenoxy) is 1. The Morgan fingerprint density at radius 1 is 1.21 bits per heavy atom. The summed E-state index contributed by atoms with van der Waals surface area (Å²) in [5, 5.41) is 23.6. The standard InChI is InChI=1S/C21H25N5O2/c1-13-6-7-15(17(27)11-13)19-16-8-9-18(28-3)23-20(16)21(25-24-19)22-14-5-4-10-26(2)12-14/h6-9,11,14,27H,4-5,10,12H2,1-3H3,(H,22,25)/t14-/m1/s1. The summed E-state index contributed by atoms with van der Waals surface area (Å²) in [6.07, 6.45) is 2.23. The van der Waals surface area contributed by atoms with E-state index in [1.807, 2.05) is 25.1 Å². The van der Waals surface area contributed by atoms with Crippen LogP contribution in [-0.2, 0) is 0 Å². The van der Waals surface area contributed by atoms with Crippen LogP contribution in [0.25, 0.3) is 22.2 Å². The van der Waals surface area contributed by atoms with Crippen molar-refractivity contribution in [3.8, 4) is 22.9 Å². The second-order valence-corrected chi connectivity index (χ2v) is 7.41. The fraction of sp³-hybridized carbons (Fsp3) is 0.381. The van der Waals surface area contributed by atoms with E-state index in [0.29, 0.717) is 34.5 Å². The lowest BCUT2D eigenvalue weighted by atomic mass is 10.0. The maximum atomic E-state index is 10.4. The molecule has 7 nitrogen and oxygen atoms in total. The normalized spacial score (nSPS) is 17.6. The molecule has 1 aliphatic heterocycles. The molecule has 2 aromatic heterocycles. The molecule has 28 heavy (non-hydrogen) atoms. The van der Waals surface area contributed by atoms with Gasteiger partial charge in [-0.3, -0.25) is 0 Å². The molecule has 1 saturated heterocycles. The van der Waals surface area contributed by atoms with E-state index < -0.39 is 0 Å². The Hall–Kier alpha value is -2.93. The summed E-state index contributed by atoms with van der Waals surface area (Å²) in [7, 11) is 3.72. The number of benzene rings is 1. The zero-order valence-corrected chi connectivity index (χ0v) is 16.4. The highest BCUT2D eigenvalue weighted by Crippen LogP contribution is 2.35. The molecule has 0 saturated carbocycles. The SMILES string of the molecule is COc1ccc2c(-c3ccc(C)cc3O)nnc(N[C@@H]3CCCN(C)C3)c2n1. The lowest BCUT2D eigenvalue weighted by Gasteiger charge is -2.30. The van der Waals surface area contributed by atoms with Crippen molar-refractivity contribution in [3.05, 3.63) is 35.9 Å². The van der Waals surface area contributed by atoms with Gasteiger partial charge in [0.05, 0.1) is 7.11 Å². The fourth-order valence-corrected chi connectivity index (χ4v) is 3.74. The number of piperidine rings is 1. The summed E-state index contributed by atoms with van der Waals surface area (Å²) >= 11 is 0. The molecule has 2 N–H and O–H groups in total. The Morgan fingerprint density at radius 2 is 2.07 bits per heavy atom. The molecule has 0 spiro atoms. The first-order valence-corrected chi connectivity index (χ1v) is 9.51. The van der Waals surface area contributed by atoms with Gasteiger partial charge in [0.25, 0.3) is 0 Å². The summed E-state index contributed by atoms with van der Waals surface area (Å²) in [5.41, 5.74) is 2.92. The van der Waals surface area contributed by atoms with Gasteiger partial charge in [-0.1, -0.05) is 6.07 Å². The smallest absolute Gasteiger partial charge is 0.213 e. The summed E-state index contributed by atoms with van der Waals surface area (Å²) in [5.74, 6) is 1.34. The van der Waals surface area contributed by atoms with E-state index in [-0.39, 0.29) is 5.75 Å². The molecule has 146 valence electrons. The number of likely N-dealkylation sites (tertiary alicyclic amines) is 1. The Balaban J connectivity index is 1.81. The number of fused-ring (bicyclic) bond motifs is 1. The molecule has 1 aliphatic rings. The van der Waals surface area contributed by atoms with Gasteiger partial charge < -0.3 is 20.1 Å². The second-order valence-electron chi connectivity index (χ2n) is 7.41. The van der Waals surface area contributed by atoms with Crippen molar-refractivity contribution in [2.75, 3.05) is 32.6 Å². The number of phenolic OH excluding ortho intramolecular Hbond substituents is 1. The first-order chi connectivity index (χ1) is 13.5. The number of hydrogen-bond donors (Lipinski definition) is 2. The Bertz CT molecular complexity index is 1010. The summed E-state index contributed by atoms with van der Waals surface area (Å²) in [6.45, 7) is 4.00. The maximum Gasteiger partial charge on any atom is 0.213 e. The predicted molar refractivity (Wildman–Crippen MR) is 110 cm³/mol. The van der Waals surface area contributed by atoms with Crippen LogP contribution in [0.3, 0.4) is 0 Å². The van der Waals surface area contributed by atoms with Gasteiger partial charge in [0.1, 0.15) is 17.0 Å². The topological polar surface area (TPSA) is 83.4 Å². The van der Waals surface area contributed by atoms with Gasteiger partial charge in [-0.05, 0) is 57.1 Å². The van der Waals surface area contributed by atoms with Crippen LogP contribution in [0.1, 0.15) is 18.4 Å². The van der Waals surface area contributed by atoms with Gasteiger partial charge in [-0.15, -0.1) is 10.2 Å². The van der Waals surface area contributed by atoms with Crippen molar-refractivity contribution in [1.29, 1.82) is 0 Å². The first-order valence-electron chi connectivity index (χ1n) is 9.51. The summed E-state index contributed by atoms with van der Waals surface area (Å²) in [6, 6.07) is 9.55. The summed E-state index contributed by atoms with van der Waals surface area (Å²) < 4.78 is 5.32. The molecular weight excluding hydrogens is 354 g/mol. The molecule has 0 amide bonds. The zero-order valence-electron chi connectivity index (χ0n) is 16.4. The van der Waals surface area contributed by atoms with Gasteiger partial charge in [0, 0.05) is 29.6 Å². The van der Waals surface area contributed by atoms with Crippen LogP contribution in [0.2, 0.25) is 0 Å². The van der Waals surface area contributed by atoms with Crippen molar-refractivity contribution in [1.82, 2.24) is 20.1 Å². The maximum absolute atomic E-state index is 10.4. The van der Waals surface area contributed by atoms with Crippen molar-refractivity contribution >= 4 is 16.7 Å². The molecule has 3 heterocycles. The van der Waals surface area contributed by atoms with Crippen LogP contribution < -0.4 is 10.1 Å². The molecule has 1 aromatic carbocycles. The van der Waals surface area contributed by atoms with Crippen LogP contribution in [0.15, 0.2) is 30.3 Å². The zero-order chi connectivity index (χ0) is 19.7. The van der Waals surface area contributed by atoms with E-state index in [1.165, 1.54) is 0 Å². The Kier molecular flexibility index (Phi) is 5.00. The highest BCUT2D eigenvalue weighted by atomic mass is 16.5. The first kappa shape index (κ1) is 18.4. The van der Waals surface area contributed by atoms with Crippen molar-refractivity contribution in [2.24, 2.45) is 0 Å². The molecule has 0 radical (unpaired) electrons. The van der Waals surface area contributed by atoms with Gasteiger partial charge in [-0.25, -0.2) is 4.98 Å². The van der Waals surface area contributed by atoms with E-state index in [9.17, 15) is 5.11 Å². The number of aromatic hydroxyl groups is 1. The molecule has 1 atom stereocenters. The van der Waals surface area contributed by atoms with Crippen molar-refractivity contribution in [3.63, 3.8) is 0 Å².